The fourth-order valence-electron chi connectivity index (χ4n) is 1.69. The van der Waals surface area contributed by atoms with E-state index in [1.807, 2.05) is 0 Å². The maximum atomic E-state index is 13.6. The van der Waals surface area contributed by atoms with E-state index < -0.39 is 5.82 Å². The van der Waals surface area contributed by atoms with Gasteiger partial charge in [-0.05, 0) is 18.2 Å². The molecule has 19 heavy (non-hydrogen) atoms. The lowest BCUT2D eigenvalue weighted by Crippen LogP contribution is -1.89. The van der Waals surface area contributed by atoms with Gasteiger partial charge in [-0.25, -0.2) is 4.39 Å². The summed E-state index contributed by atoms with van der Waals surface area (Å²) in [6, 6.07) is 5.66. The van der Waals surface area contributed by atoms with Gasteiger partial charge in [0, 0.05) is 13.2 Å². The Morgan fingerprint density at radius 1 is 1.32 bits per heavy atom. The number of phenolic OH excluding ortho intramolecular Hbond substituents is 1. The van der Waals surface area contributed by atoms with Gasteiger partial charge in [0.05, 0.1) is 0 Å². The van der Waals surface area contributed by atoms with Crippen LogP contribution in [0, 0.1) is 5.82 Å². The molecular formula is C12H9FN4O2. The smallest absolute Gasteiger partial charge is 0.265 e. The van der Waals surface area contributed by atoms with E-state index in [0.717, 1.165) is 0 Å². The summed E-state index contributed by atoms with van der Waals surface area (Å²) in [5, 5.41) is 17.5. The number of aromatic hydroxyl groups is 1. The van der Waals surface area contributed by atoms with Crippen molar-refractivity contribution in [2.45, 2.75) is 0 Å². The van der Waals surface area contributed by atoms with Gasteiger partial charge in [-0.15, -0.1) is 0 Å². The minimum absolute atomic E-state index is 0.0868. The van der Waals surface area contributed by atoms with Gasteiger partial charge in [0.1, 0.15) is 22.8 Å². The van der Waals surface area contributed by atoms with Crippen LogP contribution in [0.4, 0.5) is 4.39 Å². The molecular weight excluding hydrogens is 251 g/mol. The fourth-order valence-corrected chi connectivity index (χ4v) is 1.69. The zero-order valence-electron chi connectivity index (χ0n) is 9.91. The zero-order valence-corrected chi connectivity index (χ0v) is 9.91. The Balaban J connectivity index is 2.06. The molecule has 2 heterocycles. The number of hydrogen-bond acceptors (Lipinski definition) is 5. The molecule has 0 spiro atoms. The Morgan fingerprint density at radius 2 is 2.16 bits per heavy atom. The minimum Gasteiger partial charge on any atom is -0.507 e. The molecule has 0 aliphatic carbocycles. The summed E-state index contributed by atoms with van der Waals surface area (Å²) in [6.07, 6.45) is 1.73. The van der Waals surface area contributed by atoms with E-state index in [4.69, 9.17) is 4.52 Å². The first-order valence-corrected chi connectivity index (χ1v) is 5.47. The van der Waals surface area contributed by atoms with Gasteiger partial charge in [0.15, 0.2) is 0 Å². The van der Waals surface area contributed by atoms with Crippen LogP contribution < -0.4 is 0 Å². The lowest BCUT2D eigenvalue weighted by atomic mass is 10.2. The molecule has 96 valence electrons. The highest BCUT2D eigenvalue weighted by atomic mass is 19.1. The van der Waals surface area contributed by atoms with Crippen molar-refractivity contribution in [1.82, 2.24) is 19.9 Å². The number of halogens is 1. The molecule has 0 atom stereocenters. The Kier molecular flexibility index (Phi) is 2.52. The highest BCUT2D eigenvalue weighted by Crippen LogP contribution is 2.31. The molecule has 1 N–H and O–H groups in total. The van der Waals surface area contributed by atoms with Crippen molar-refractivity contribution in [3.05, 3.63) is 36.3 Å². The van der Waals surface area contributed by atoms with Crippen LogP contribution in [-0.4, -0.2) is 25.0 Å². The van der Waals surface area contributed by atoms with Crippen molar-refractivity contribution in [2.75, 3.05) is 0 Å². The molecule has 0 saturated carbocycles. The monoisotopic (exact) mass is 260 g/mol. The molecule has 0 fully saturated rings. The van der Waals surface area contributed by atoms with E-state index in [1.165, 1.54) is 18.2 Å². The standard InChI is InChI=1S/C12H9FN4O2/c1-17-6-5-8(15-17)11-14-12(19-16-11)10-7(13)3-2-4-9(10)18/h2-6,18H,1H3. The number of aromatic nitrogens is 4. The maximum absolute atomic E-state index is 13.6. The minimum atomic E-state index is -0.628. The van der Waals surface area contributed by atoms with E-state index >= 15 is 0 Å². The normalized spacial score (nSPS) is 10.8. The average molecular weight is 260 g/mol. The topological polar surface area (TPSA) is 77.0 Å². The van der Waals surface area contributed by atoms with E-state index in [0.29, 0.717) is 5.69 Å². The van der Waals surface area contributed by atoms with Crippen LogP contribution >= 0.6 is 0 Å². The first-order chi connectivity index (χ1) is 9.15. The highest BCUT2D eigenvalue weighted by molar-refractivity contribution is 5.64. The zero-order chi connectivity index (χ0) is 13.4. The third-order valence-corrected chi connectivity index (χ3v) is 2.57. The number of phenols is 1. The van der Waals surface area contributed by atoms with Gasteiger partial charge < -0.3 is 9.63 Å². The van der Waals surface area contributed by atoms with Crippen molar-refractivity contribution in [1.29, 1.82) is 0 Å². The average Bonchev–Trinajstić information content (AvgIpc) is 2.98. The molecule has 0 radical (unpaired) electrons. The predicted molar refractivity (Wildman–Crippen MR) is 63.6 cm³/mol. The van der Waals surface area contributed by atoms with E-state index in [9.17, 15) is 9.50 Å². The summed E-state index contributed by atoms with van der Waals surface area (Å²) >= 11 is 0. The van der Waals surface area contributed by atoms with Crippen molar-refractivity contribution in [3.63, 3.8) is 0 Å². The molecule has 3 rings (SSSR count). The first kappa shape index (κ1) is 11.4. The van der Waals surface area contributed by atoms with Crippen LogP contribution in [0.25, 0.3) is 23.0 Å². The van der Waals surface area contributed by atoms with Gasteiger partial charge in [0.25, 0.3) is 5.89 Å². The Hall–Kier alpha value is -2.70. The van der Waals surface area contributed by atoms with Gasteiger partial charge in [-0.3, -0.25) is 4.68 Å². The van der Waals surface area contributed by atoms with E-state index in [1.54, 1.807) is 24.0 Å². The van der Waals surface area contributed by atoms with Crippen molar-refractivity contribution >= 4 is 0 Å². The van der Waals surface area contributed by atoms with Gasteiger partial charge in [0.2, 0.25) is 5.82 Å². The second-order valence-corrected chi connectivity index (χ2v) is 3.93. The van der Waals surface area contributed by atoms with Crippen LogP contribution in [-0.2, 0) is 7.05 Å². The summed E-state index contributed by atoms with van der Waals surface area (Å²) in [5.74, 6) is -0.734. The van der Waals surface area contributed by atoms with E-state index in [2.05, 4.69) is 15.2 Å². The van der Waals surface area contributed by atoms with Crippen LogP contribution in [0.3, 0.4) is 0 Å². The number of hydrogen-bond donors (Lipinski definition) is 1. The summed E-state index contributed by atoms with van der Waals surface area (Å²) in [7, 11) is 1.76. The van der Waals surface area contributed by atoms with Crippen LogP contribution in [0.5, 0.6) is 5.75 Å². The predicted octanol–water partition coefficient (Wildman–Crippen LogP) is 1.98. The molecule has 2 aromatic heterocycles. The summed E-state index contributed by atoms with van der Waals surface area (Å²) in [5.41, 5.74) is 0.394. The number of nitrogens with zero attached hydrogens (tertiary/aromatic N) is 4. The van der Waals surface area contributed by atoms with Crippen molar-refractivity contribution in [3.8, 4) is 28.7 Å². The maximum Gasteiger partial charge on any atom is 0.265 e. The number of rotatable bonds is 2. The number of benzene rings is 1. The summed E-state index contributed by atoms with van der Waals surface area (Å²) in [6.45, 7) is 0. The van der Waals surface area contributed by atoms with Crippen LogP contribution in [0.2, 0.25) is 0 Å². The van der Waals surface area contributed by atoms with E-state index in [-0.39, 0.29) is 23.0 Å². The van der Waals surface area contributed by atoms with Gasteiger partial charge >= 0.3 is 0 Å². The molecule has 6 nitrogen and oxygen atoms in total. The lowest BCUT2D eigenvalue weighted by Gasteiger charge is -1.99. The molecule has 0 saturated heterocycles. The molecule has 0 unspecified atom stereocenters. The van der Waals surface area contributed by atoms with Gasteiger partial charge in [-0.2, -0.15) is 10.1 Å². The molecule has 0 aliphatic heterocycles. The second-order valence-electron chi connectivity index (χ2n) is 3.93. The van der Waals surface area contributed by atoms with Crippen molar-refractivity contribution in [2.24, 2.45) is 7.05 Å². The summed E-state index contributed by atoms with van der Waals surface area (Å²) < 4.78 is 20.2. The third kappa shape index (κ3) is 1.95. The second kappa shape index (κ2) is 4.20. The lowest BCUT2D eigenvalue weighted by molar-refractivity contribution is 0.421. The Bertz CT molecular complexity index is 715. The molecule has 3 aromatic rings. The molecule has 0 aliphatic rings. The fraction of sp³-hybridized carbons (Fsp3) is 0.0833. The number of aryl methyl sites for hydroxylation is 1. The molecule has 0 amide bonds. The van der Waals surface area contributed by atoms with Crippen LogP contribution in [0.15, 0.2) is 35.0 Å². The van der Waals surface area contributed by atoms with Crippen LogP contribution in [0.1, 0.15) is 0 Å². The van der Waals surface area contributed by atoms with Gasteiger partial charge in [-0.1, -0.05) is 11.2 Å². The molecule has 0 bridgehead atoms. The summed E-state index contributed by atoms with van der Waals surface area (Å²) in [4.78, 5) is 4.03. The van der Waals surface area contributed by atoms with Crippen molar-refractivity contribution < 1.29 is 14.0 Å². The largest absolute Gasteiger partial charge is 0.507 e. The SMILES string of the molecule is Cn1ccc(-c2noc(-c3c(O)cccc3F)n2)n1. The first-order valence-electron chi connectivity index (χ1n) is 5.47. The molecule has 7 heteroatoms. The third-order valence-electron chi connectivity index (χ3n) is 2.57. The Labute approximate surface area is 107 Å². The quantitative estimate of drug-likeness (QED) is 0.762. The molecule has 1 aromatic carbocycles. The highest BCUT2D eigenvalue weighted by Gasteiger charge is 2.18. The Morgan fingerprint density at radius 3 is 2.84 bits per heavy atom.